The predicted octanol–water partition coefficient (Wildman–Crippen LogP) is 4.95. The summed E-state index contributed by atoms with van der Waals surface area (Å²) in [6, 6.07) is 8.36. The molecule has 0 radical (unpaired) electrons. The monoisotopic (exact) mass is 571 g/mol. The van der Waals surface area contributed by atoms with Crippen LogP contribution in [0.3, 0.4) is 0 Å². The molecule has 42 heavy (non-hydrogen) atoms. The molecule has 1 aliphatic heterocycles. The quantitative estimate of drug-likeness (QED) is 0.346. The molecule has 0 saturated carbocycles. The summed E-state index contributed by atoms with van der Waals surface area (Å²) in [5, 5.41) is 15.9. The summed E-state index contributed by atoms with van der Waals surface area (Å²) in [6.45, 7) is 10.6. The highest BCUT2D eigenvalue weighted by Crippen LogP contribution is 2.33. The number of hydrogen-bond donors (Lipinski definition) is 1. The SMILES string of the molecule is CCCCCC(C)c1c(-c2ccc(-c3c(C)noc3C)cc2)n(CC(=O)N2CCOCC2)c2c1=CCC=C(C(=O)O)C=2. The number of carbonyl (C=O) groups excluding carboxylic acids is 1. The van der Waals surface area contributed by atoms with E-state index < -0.39 is 5.97 Å². The second-order valence-corrected chi connectivity index (χ2v) is 11.4. The Morgan fingerprint density at radius 3 is 2.40 bits per heavy atom. The van der Waals surface area contributed by atoms with Crippen molar-refractivity contribution in [1.29, 1.82) is 0 Å². The number of aliphatic carboxylic acids is 1. The minimum absolute atomic E-state index is 0.00776. The van der Waals surface area contributed by atoms with Crippen molar-refractivity contribution in [2.24, 2.45) is 0 Å². The molecule has 1 N–H and O–H groups in total. The van der Waals surface area contributed by atoms with Crippen LogP contribution < -0.4 is 10.6 Å². The first-order chi connectivity index (χ1) is 20.3. The van der Waals surface area contributed by atoms with Crippen LogP contribution in [0.25, 0.3) is 34.5 Å². The number of amides is 1. The molecule has 5 rings (SSSR count). The van der Waals surface area contributed by atoms with Crippen molar-refractivity contribution in [2.45, 2.75) is 72.3 Å². The summed E-state index contributed by atoms with van der Waals surface area (Å²) in [5.74, 6) is 0.0342. The fourth-order valence-corrected chi connectivity index (χ4v) is 6.26. The van der Waals surface area contributed by atoms with Crippen LogP contribution >= 0.6 is 0 Å². The number of carboxylic acid groups (broad SMARTS) is 1. The van der Waals surface area contributed by atoms with Crippen LogP contribution in [0.15, 0.2) is 40.4 Å². The number of carboxylic acids is 1. The smallest absolute Gasteiger partial charge is 0.335 e. The first kappa shape index (κ1) is 29.6. The van der Waals surface area contributed by atoms with Crippen LogP contribution in [0, 0.1) is 13.8 Å². The van der Waals surface area contributed by atoms with Gasteiger partial charge in [-0.15, -0.1) is 0 Å². The molecule has 222 valence electrons. The van der Waals surface area contributed by atoms with Gasteiger partial charge in [0.2, 0.25) is 5.91 Å². The number of allylic oxidation sites excluding steroid dienone is 1. The third-order valence-electron chi connectivity index (χ3n) is 8.45. The maximum absolute atomic E-state index is 13.7. The van der Waals surface area contributed by atoms with E-state index in [1.807, 2.05) is 18.7 Å². The van der Waals surface area contributed by atoms with Crippen LogP contribution in [-0.2, 0) is 20.9 Å². The lowest BCUT2D eigenvalue weighted by Crippen LogP contribution is -2.44. The van der Waals surface area contributed by atoms with Crippen molar-refractivity contribution in [1.82, 2.24) is 14.6 Å². The number of aryl methyl sites for hydroxylation is 2. The Bertz CT molecular complexity index is 1580. The van der Waals surface area contributed by atoms with Gasteiger partial charge in [-0.25, -0.2) is 4.79 Å². The second kappa shape index (κ2) is 12.9. The largest absolute Gasteiger partial charge is 0.478 e. The maximum Gasteiger partial charge on any atom is 0.335 e. The minimum atomic E-state index is -0.966. The summed E-state index contributed by atoms with van der Waals surface area (Å²) in [5.41, 5.74) is 6.25. The molecule has 1 amide bonds. The van der Waals surface area contributed by atoms with Crippen molar-refractivity contribution < 1.29 is 24.0 Å². The first-order valence-electron chi connectivity index (χ1n) is 15.1. The zero-order chi connectivity index (χ0) is 29.8. The van der Waals surface area contributed by atoms with Gasteiger partial charge in [-0.3, -0.25) is 4.79 Å². The Hall–Kier alpha value is -3.91. The molecule has 1 aromatic carbocycles. The number of hydrogen-bond acceptors (Lipinski definition) is 5. The van der Waals surface area contributed by atoms with Crippen LogP contribution in [0.2, 0.25) is 0 Å². The van der Waals surface area contributed by atoms with E-state index in [1.54, 1.807) is 12.2 Å². The average Bonchev–Trinajstić information content (AvgIpc) is 3.37. The Kier molecular flexibility index (Phi) is 9.12. The molecule has 3 heterocycles. The normalized spacial score (nSPS) is 15.7. The van der Waals surface area contributed by atoms with E-state index in [1.165, 1.54) is 5.56 Å². The third-order valence-corrected chi connectivity index (χ3v) is 8.45. The molecule has 0 spiro atoms. The van der Waals surface area contributed by atoms with Crippen LogP contribution in [-0.4, -0.2) is 57.9 Å². The van der Waals surface area contributed by atoms with Gasteiger partial charge in [-0.05, 0) is 55.4 Å². The van der Waals surface area contributed by atoms with Crippen molar-refractivity contribution in [3.05, 3.63) is 63.5 Å². The zero-order valence-corrected chi connectivity index (χ0v) is 25.1. The van der Waals surface area contributed by atoms with Gasteiger partial charge in [0.05, 0.1) is 30.2 Å². The molecule has 0 bridgehead atoms. The minimum Gasteiger partial charge on any atom is -0.478 e. The standard InChI is InChI=1S/C34H41N3O5/c1-5-6-7-9-22(2)31-28-11-8-10-27(34(39)40)20-29(28)37(21-30(38)36-16-18-41-19-17-36)33(31)26-14-12-25(13-15-26)32-23(3)35-42-24(32)4/h10-15,20,22H,5-9,16-19,21H2,1-4H3,(H,39,40). The van der Waals surface area contributed by atoms with E-state index in [4.69, 9.17) is 9.26 Å². The summed E-state index contributed by atoms with van der Waals surface area (Å²) >= 11 is 0. The topological polar surface area (TPSA) is 97.8 Å². The van der Waals surface area contributed by atoms with Gasteiger partial charge in [0, 0.05) is 29.2 Å². The Balaban J connectivity index is 1.71. The molecule has 1 saturated heterocycles. The van der Waals surface area contributed by atoms with E-state index in [2.05, 4.69) is 53.9 Å². The molecule has 1 unspecified atom stereocenters. The lowest BCUT2D eigenvalue weighted by Gasteiger charge is -2.27. The number of unbranched alkanes of at least 4 members (excludes halogenated alkanes) is 2. The maximum atomic E-state index is 13.7. The first-order valence-corrected chi connectivity index (χ1v) is 15.1. The lowest BCUT2D eigenvalue weighted by atomic mass is 9.90. The summed E-state index contributed by atoms with van der Waals surface area (Å²) in [4.78, 5) is 27.7. The fourth-order valence-electron chi connectivity index (χ4n) is 6.26. The molecule has 2 aliphatic rings. The average molecular weight is 572 g/mol. The molecule has 1 atom stereocenters. The molecule has 2 aromatic heterocycles. The van der Waals surface area contributed by atoms with Crippen LogP contribution in [0.5, 0.6) is 0 Å². The molecule has 8 heteroatoms. The molecule has 1 fully saturated rings. The fraction of sp³-hybridized carbons (Fsp3) is 0.441. The van der Waals surface area contributed by atoms with Gasteiger partial charge < -0.3 is 23.8 Å². The number of carbonyl (C=O) groups is 2. The number of benzene rings is 1. The van der Waals surface area contributed by atoms with Gasteiger partial charge in [-0.1, -0.05) is 74.7 Å². The van der Waals surface area contributed by atoms with Gasteiger partial charge in [0.1, 0.15) is 12.3 Å². The van der Waals surface area contributed by atoms with Crippen molar-refractivity contribution in [2.75, 3.05) is 26.3 Å². The predicted molar refractivity (Wildman–Crippen MR) is 163 cm³/mol. The lowest BCUT2D eigenvalue weighted by molar-refractivity contribution is -0.136. The molecular formula is C34H41N3O5. The number of rotatable bonds is 10. The van der Waals surface area contributed by atoms with Crippen molar-refractivity contribution >= 4 is 24.0 Å². The van der Waals surface area contributed by atoms with Crippen LogP contribution in [0.4, 0.5) is 0 Å². The Morgan fingerprint density at radius 2 is 1.76 bits per heavy atom. The van der Waals surface area contributed by atoms with Gasteiger partial charge in [0.25, 0.3) is 0 Å². The number of ether oxygens (including phenoxy) is 1. The Morgan fingerprint density at radius 1 is 1.05 bits per heavy atom. The highest BCUT2D eigenvalue weighted by atomic mass is 16.5. The molecule has 3 aromatic rings. The third kappa shape index (κ3) is 6.00. The van der Waals surface area contributed by atoms with Crippen LogP contribution in [0.1, 0.15) is 68.9 Å². The van der Waals surface area contributed by atoms with E-state index in [-0.39, 0.29) is 23.9 Å². The highest BCUT2D eigenvalue weighted by Gasteiger charge is 2.26. The van der Waals surface area contributed by atoms with Gasteiger partial charge in [0.15, 0.2) is 0 Å². The summed E-state index contributed by atoms with van der Waals surface area (Å²) in [7, 11) is 0. The molecule has 8 nitrogen and oxygen atoms in total. The summed E-state index contributed by atoms with van der Waals surface area (Å²) < 4.78 is 13.0. The van der Waals surface area contributed by atoms with E-state index >= 15 is 0 Å². The number of fused-ring (bicyclic) bond motifs is 1. The second-order valence-electron chi connectivity index (χ2n) is 11.4. The number of nitrogens with zero attached hydrogens (tertiary/aromatic N) is 3. The number of morpholine rings is 1. The number of aromatic nitrogens is 2. The summed E-state index contributed by atoms with van der Waals surface area (Å²) in [6.07, 6.45) is 10.6. The van der Waals surface area contributed by atoms with Gasteiger partial charge in [-0.2, -0.15) is 0 Å². The van der Waals surface area contributed by atoms with Crippen molar-refractivity contribution in [3.8, 4) is 22.4 Å². The van der Waals surface area contributed by atoms with Gasteiger partial charge >= 0.3 is 5.97 Å². The molecule has 1 aliphatic carbocycles. The van der Waals surface area contributed by atoms with Crippen molar-refractivity contribution in [3.63, 3.8) is 0 Å². The highest BCUT2D eigenvalue weighted by molar-refractivity contribution is 5.96. The van der Waals surface area contributed by atoms with E-state index in [0.717, 1.165) is 70.1 Å². The van der Waals surface area contributed by atoms with E-state index in [0.29, 0.717) is 32.7 Å². The van der Waals surface area contributed by atoms with E-state index in [9.17, 15) is 14.7 Å². The molecular weight excluding hydrogens is 530 g/mol. The zero-order valence-electron chi connectivity index (χ0n) is 25.1. The Labute approximate surface area is 247 Å².